The lowest BCUT2D eigenvalue weighted by atomic mass is 10.0. The van der Waals surface area contributed by atoms with Gasteiger partial charge < -0.3 is 5.32 Å². The average Bonchev–Trinajstić information content (AvgIpc) is 2.64. The number of pyridine rings is 2. The standard InChI is InChI=1S/C21H24N4/c1-16-14-21(24-20-8-3-2-7-19(16)20)23-17-9-12-25(13-10-17)15-18-6-4-5-11-22-18/h2-8,11,14,17H,9-10,12-13,15H2,1H3,(H,23,24). The van der Waals surface area contributed by atoms with Gasteiger partial charge in [-0.2, -0.15) is 0 Å². The second kappa shape index (κ2) is 7.19. The molecule has 4 rings (SSSR count). The van der Waals surface area contributed by atoms with Crippen molar-refractivity contribution in [2.24, 2.45) is 0 Å². The number of benzene rings is 1. The van der Waals surface area contributed by atoms with Gasteiger partial charge in [0.15, 0.2) is 0 Å². The molecule has 0 unspecified atom stereocenters. The Morgan fingerprint density at radius 2 is 1.88 bits per heavy atom. The second-order valence-electron chi connectivity index (χ2n) is 6.86. The lowest BCUT2D eigenvalue weighted by Gasteiger charge is -2.32. The summed E-state index contributed by atoms with van der Waals surface area (Å²) < 4.78 is 0. The van der Waals surface area contributed by atoms with Crippen molar-refractivity contribution >= 4 is 16.7 Å². The minimum Gasteiger partial charge on any atom is -0.367 e. The van der Waals surface area contributed by atoms with Crippen molar-refractivity contribution in [3.05, 3.63) is 66.0 Å². The Labute approximate surface area is 148 Å². The molecule has 4 heteroatoms. The summed E-state index contributed by atoms with van der Waals surface area (Å²) in [4.78, 5) is 11.7. The smallest absolute Gasteiger partial charge is 0.127 e. The number of hydrogen-bond acceptors (Lipinski definition) is 4. The summed E-state index contributed by atoms with van der Waals surface area (Å²) >= 11 is 0. The quantitative estimate of drug-likeness (QED) is 0.783. The molecule has 1 saturated heterocycles. The SMILES string of the molecule is Cc1cc(NC2CCN(Cc3ccccn3)CC2)nc2ccccc12. The van der Waals surface area contributed by atoms with Gasteiger partial charge in [0.25, 0.3) is 0 Å². The van der Waals surface area contributed by atoms with Crippen LogP contribution in [0.3, 0.4) is 0 Å². The predicted molar refractivity (Wildman–Crippen MR) is 103 cm³/mol. The van der Waals surface area contributed by atoms with Crippen molar-refractivity contribution in [1.29, 1.82) is 0 Å². The molecular weight excluding hydrogens is 308 g/mol. The van der Waals surface area contributed by atoms with Crippen LogP contribution < -0.4 is 5.32 Å². The largest absolute Gasteiger partial charge is 0.367 e. The molecule has 0 radical (unpaired) electrons. The number of fused-ring (bicyclic) bond motifs is 1. The van der Waals surface area contributed by atoms with Gasteiger partial charge in [-0.15, -0.1) is 0 Å². The monoisotopic (exact) mass is 332 g/mol. The van der Waals surface area contributed by atoms with Gasteiger partial charge in [-0.25, -0.2) is 4.98 Å². The van der Waals surface area contributed by atoms with Gasteiger partial charge in [0.1, 0.15) is 5.82 Å². The summed E-state index contributed by atoms with van der Waals surface area (Å²) in [7, 11) is 0. The second-order valence-corrected chi connectivity index (χ2v) is 6.86. The fourth-order valence-corrected chi connectivity index (χ4v) is 3.59. The first-order valence-corrected chi connectivity index (χ1v) is 9.03. The molecule has 128 valence electrons. The van der Waals surface area contributed by atoms with Crippen LogP contribution in [0.4, 0.5) is 5.82 Å². The molecule has 0 saturated carbocycles. The summed E-state index contributed by atoms with van der Waals surface area (Å²) in [6, 6.07) is 17.1. The van der Waals surface area contributed by atoms with Crippen molar-refractivity contribution in [2.45, 2.75) is 32.4 Å². The molecule has 3 heterocycles. The van der Waals surface area contributed by atoms with Crippen molar-refractivity contribution in [3.8, 4) is 0 Å². The van der Waals surface area contributed by atoms with Gasteiger partial charge in [0, 0.05) is 37.3 Å². The van der Waals surface area contributed by atoms with Crippen molar-refractivity contribution < 1.29 is 0 Å². The lowest BCUT2D eigenvalue weighted by molar-refractivity contribution is 0.209. The van der Waals surface area contributed by atoms with Crippen LogP contribution in [0.2, 0.25) is 0 Å². The number of hydrogen-bond donors (Lipinski definition) is 1. The Bertz CT molecular complexity index is 839. The molecule has 3 aromatic rings. The number of piperidine rings is 1. The van der Waals surface area contributed by atoms with E-state index in [-0.39, 0.29) is 0 Å². The third-order valence-electron chi connectivity index (χ3n) is 4.97. The number of nitrogens with one attached hydrogen (secondary N) is 1. The van der Waals surface area contributed by atoms with E-state index in [0.29, 0.717) is 6.04 Å². The van der Waals surface area contributed by atoms with Crippen LogP contribution in [0.5, 0.6) is 0 Å². The minimum absolute atomic E-state index is 0.494. The first-order valence-electron chi connectivity index (χ1n) is 9.03. The highest BCUT2D eigenvalue weighted by Crippen LogP contribution is 2.22. The fourth-order valence-electron chi connectivity index (χ4n) is 3.59. The molecule has 1 aliphatic rings. The maximum atomic E-state index is 4.78. The van der Waals surface area contributed by atoms with Gasteiger partial charge in [-0.1, -0.05) is 24.3 Å². The summed E-state index contributed by atoms with van der Waals surface area (Å²) in [5.74, 6) is 0.999. The zero-order valence-corrected chi connectivity index (χ0v) is 14.7. The molecule has 1 aliphatic heterocycles. The number of aromatic nitrogens is 2. The van der Waals surface area contributed by atoms with Crippen LogP contribution in [0.15, 0.2) is 54.7 Å². The van der Waals surface area contributed by atoms with E-state index in [9.17, 15) is 0 Å². The highest BCUT2D eigenvalue weighted by molar-refractivity contribution is 5.83. The molecule has 2 aromatic heterocycles. The van der Waals surface area contributed by atoms with Crippen LogP contribution in [0, 0.1) is 6.92 Å². The molecule has 0 bridgehead atoms. The first-order chi connectivity index (χ1) is 12.3. The maximum Gasteiger partial charge on any atom is 0.127 e. The Kier molecular flexibility index (Phi) is 4.61. The van der Waals surface area contributed by atoms with E-state index in [1.54, 1.807) is 0 Å². The van der Waals surface area contributed by atoms with Crippen molar-refractivity contribution in [3.63, 3.8) is 0 Å². The highest BCUT2D eigenvalue weighted by Gasteiger charge is 2.20. The molecule has 0 aliphatic carbocycles. The molecule has 0 spiro atoms. The Morgan fingerprint density at radius 3 is 2.68 bits per heavy atom. The zero-order chi connectivity index (χ0) is 17.1. The Hall–Kier alpha value is -2.46. The van der Waals surface area contributed by atoms with E-state index in [1.807, 2.05) is 12.3 Å². The van der Waals surface area contributed by atoms with Gasteiger partial charge in [0.05, 0.1) is 11.2 Å². The molecule has 4 nitrogen and oxygen atoms in total. The first kappa shape index (κ1) is 16.0. The molecule has 1 N–H and O–H groups in total. The normalized spacial score (nSPS) is 16.2. The number of likely N-dealkylation sites (tertiary alicyclic amines) is 1. The van der Waals surface area contributed by atoms with E-state index in [2.05, 4.69) is 64.6 Å². The number of para-hydroxylation sites is 1. The summed E-state index contributed by atoms with van der Waals surface area (Å²) in [5, 5.41) is 4.88. The molecule has 1 fully saturated rings. The van der Waals surface area contributed by atoms with Crippen molar-refractivity contribution in [2.75, 3.05) is 18.4 Å². The maximum absolute atomic E-state index is 4.78. The molecule has 25 heavy (non-hydrogen) atoms. The zero-order valence-electron chi connectivity index (χ0n) is 14.7. The molecule has 1 aromatic carbocycles. The van der Waals surface area contributed by atoms with Crippen LogP contribution in [0.1, 0.15) is 24.1 Å². The fraction of sp³-hybridized carbons (Fsp3) is 0.333. The van der Waals surface area contributed by atoms with E-state index >= 15 is 0 Å². The molecule has 0 atom stereocenters. The third-order valence-corrected chi connectivity index (χ3v) is 4.97. The average molecular weight is 332 g/mol. The minimum atomic E-state index is 0.494. The number of nitrogens with zero attached hydrogens (tertiary/aromatic N) is 3. The van der Waals surface area contributed by atoms with E-state index < -0.39 is 0 Å². The number of aryl methyl sites for hydroxylation is 1. The molecule has 0 amide bonds. The van der Waals surface area contributed by atoms with Gasteiger partial charge >= 0.3 is 0 Å². The van der Waals surface area contributed by atoms with Gasteiger partial charge in [-0.05, 0) is 49.6 Å². The van der Waals surface area contributed by atoms with Crippen LogP contribution >= 0.6 is 0 Å². The summed E-state index contributed by atoms with van der Waals surface area (Å²) in [5.41, 5.74) is 3.50. The molecular formula is C21H24N4. The van der Waals surface area contributed by atoms with E-state index in [4.69, 9.17) is 4.98 Å². The van der Waals surface area contributed by atoms with Crippen LogP contribution in [-0.2, 0) is 6.54 Å². The highest BCUT2D eigenvalue weighted by atomic mass is 15.2. The van der Waals surface area contributed by atoms with Gasteiger partial charge in [0.2, 0.25) is 0 Å². The van der Waals surface area contributed by atoms with Gasteiger partial charge in [-0.3, -0.25) is 9.88 Å². The predicted octanol–water partition coefficient (Wildman–Crippen LogP) is 4.01. The summed E-state index contributed by atoms with van der Waals surface area (Å²) in [6.45, 7) is 5.30. The topological polar surface area (TPSA) is 41.0 Å². The van der Waals surface area contributed by atoms with E-state index in [1.165, 1.54) is 10.9 Å². The van der Waals surface area contributed by atoms with Crippen LogP contribution in [-0.4, -0.2) is 34.0 Å². The Balaban J connectivity index is 1.37. The van der Waals surface area contributed by atoms with Crippen LogP contribution in [0.25, 0.3) is 10.9 Å². The number of rotatable bonds is 4. The third kappa shape index (κ3) is 3.80. The van der Waals surface area contributed by atoms with Crippen molar-refractivity contribution in [1.82, 2.24) is 14.9 Å². The number of anilines is 1. The Morgan fingerprint density at radius 1 is 1.08 bits per heavy atom. The van der Waals surface area contributed by atoms with E-state index in [0.717, 1.165) is 49.5 Å². The lowest BCUT2D eigenvalue weighted by Crippen LogP contribution is -2.38. The summed E-state index contributed by atoms with van der Waals surface area (Å²) in [6.07, 6.45) is 4.15.